The lowest BCUT2D eigenvalue weighted by molar-refractivity contribution is 0.0951. The zero-order valence-corrected chi connectivity index (χ0v) is 17.5. The Balaban J connectivity index is 1.73. The molecule has 0 heterocycles. The molecule has 5 nitrogen and oxygen atoms in total. The monoisotopic (exact) mass is 428 g/mol. The number of nitrogens with zero attached hydrogens (tertiary/aromatic N) is 1. The van der Waals surface area contributed by atoms with Crippen LogP contribution in [0.5, 0.6) is 0 Å². The molecule has 7 heteroatoms. The molecule has 0 aliphatic carbocycles. The maximum atomic E-state index is 12.9. The van der Waals surface area contributed by atoms with Crippen LogP contribution in [0, 0.1) is 0 Å². The molecular weight excluding hydrogens is 408 g/mol. The van der Waals surface area contributed by atoms with E-state index in [9.17, 15) is 13.2 Å². The number of hydrogen-bond donors (Lipinski definition) is 1. The Morgan fingerprint density at radius 2 is 1.66 bits per heavy atom. The van der Waals surface area contributed by atoms with Crippen LogP contribution in [0.4, 0.5) is 5.69 Å². The van der Waals surface area contributed by atoms with Gasteiger partial charge < -0.3 is 5.32 Å². The summed E-state index contributed by atoms with van der Waals surface area (Å²) in [7, 11) is -3.67. The Bertz CT molecular complexity index is 1080. The van der Waals surface area contributed by atoms with Crippen molar-refractivity contribution < 1.29 is 13.2 Å². The lowest BCUT2D eigenvalue weighted by Crippen LogP contribution is -2.30. The fraction of sp³-hybridized carbons (Fsp3) is 0.136. The molecule has 150 valence electrons. The first kappa shape index (κ1) is 20.9. The Hall–Kier alpha value is -2.83. The van der Waals surface area contributed by atoms with Crippen LogP contribution in [0.25, 0.3) is 0 Å². The van der Waals surface area contributed by atoms with E-state index in [1.165, 1.54) is 4.31 Å². The molecule has 3 rings (SSSR count). The number of hydrogen-bond acceptors (Lipinski definition) is 3. The summed E-state index contributed by atoms with van der Waals surface area (Å²) < 4.78 is 27.1. The van der Waals surface area contributed by atoms with Crippen LogP contribution in [0.2, 0.25) is 5.02 Å². The highest BCUT2D eigenvalue weighted by Gasteiger charge is 2.23. The summed E-state index contributed by atoms with van der Waals surface area (Å²) >= 11 is 5.95. The van der Waals surface area contributed by atoms with Crippen LogP contribution < -0.4 is 9.62 Å². The zero-order chi connectivity index (χ0) is 20.9. The number of rotatable bonds is 7. The fourth-order valence-electron chi connectivity index (χ4n) is 2.92. The highest BCUT2D eigenvalue weighted by Crippen LogP contribution is 2.23. The molecule has 0 aliphatic heterocycles. The topological polar surface area (TPSA) is 66.5 Å². The van der Waals surface area contributed by atoms with Crippen LogP contribution in [-0.4, -0.2) is 20.9 Å². The molecule has 0 aliphatic rings. The average Bonchev–Trinajstić information content (AvgIpc) is 2.73. The summed E-state index contributed by atoms with van der Waals surface area (Å²) in [4.78, 5) is 12.6. The summed E-state index contributed by atoms with van der Waals surface area (Å²) in [5.74, 6) is -0.245. The van der Waals surface area contributed by atoms with E-state index in [1.54, 1.807) is 73.7 Å². The summed E-state index contributed by atoms with van der Waals surface area (Å²) in [5, 5.41) is 3.44. The maximum Gasteiger partial charge on any atom is 0.264 e. The van der Waals surface area contributed by atoms with Gasteiger partial charge in [0.25, 0.3) is 15.9 Å². The molecule has 0 atom stereocenters. The van der Waals surface area contributed by atoms with Crippen molar-refractivity contribution in [2.45, 2.75) is 18.4 Å². The lowest BCUT2D eigenvalue weighted by atomic mass is 10.1. The number of sulfonamides is 1. The van der Waals surface area contributed by atoms with Crippen molar-refractivity contribution in [2.24, 2.45) is 0 Å². The second-order valence-corrected chi connectivity index (χ2v) is 8.64. The number of benzene rings is 3. The number of halogens is 1. The second-order valence-electron chi connectivity index (χ2n) is 6.34. The van der Waals surface area contributed by atoms with Gasteiger partial charge in [-0.1, -0.05) is 41.9 Å². The molecule has 0 fully saturated rings. The molecule has 0 saturated heterocycles. The molecule has 1 N–H and O–H groups in total. The minimum absolute atomic E-state index is 0.227. The normalized spacial score (nSPS) is 11.1. The van der Waals surface area contributed by atoms with Crippen molar-refractivity contribution in [1.82, 2.24) is 5.32 Å². The van der Waals surface area contributed by atoms with Gasteiger partial charge in [-0.2, -0.15) is 0 Å². The van der Waals surface area contributed by atoms with Gasteiger partial charge in [-0.25, -0.2) is 8.42 Å². The Kier molecular flexibility index (Phi) is 6.56. The fourth-order valence-corrected chi connectivity index (χ4v) is 4.63. The second kappa shape index (κ2) is 9.11. The third kappa shape index (κ3) is 4.96. The summed E-state index contributed by atoms with van der Waals surface area (Å²) in [6.07, 6.45) is 0. The van der Waals surface area contributed by atoms with E-state index in [0.29, 0.717) is 22.8 Å². The largest absolute Gasteiger partial charge is 0.348 e. The average molecular weight is 429 g/mol. The van der Waals surface area contributed by atoms with E-state index in [1.807, 2.05) is 12.1 Å². The highest BCUT2D eigenvalue weighted by molar-refractivity contribution is 7.92. The summed E-state index contributed by atoms with van der Waals surface area (Å²) in [6, 6.07) is 22.1. The van der Waals surface area contributed by atoms with Crippen molar-refractivity contribution in [1.29, 1.82) is 0 Å². The van der Waals surface area contributed by atoms with Gasteiger partial charge in [-0.05, 0) is 61.0 Å². The van der Waals surface area contributed by atoms with Crippen LogP contribution >= 0.6 is 11.6 Å². The summed E-state index contributed by atoms with van der Waals surface area (Å²) in [5.41, 5.74) is 1.85. The van der Waals surface area contributed by atoms with Gasteiger partial charge in [-0.3, -0.25) is 9.10 Å². The van der Waals surface area contributed by atoms with Crippen LogP contribution in [0.3, 0.4) is 0 Å². The Morgan fingerprint density at radius 3 is 2.28 bits per heavy atom. The number of nitrogens with one attached hydrogen (secondary N) is 1. The van der Waals surface area contributed by atoms with E-state index in [4.69, 9.17) is 11.6 Å². The first-order chi connectivity index (χ1) is 13.9. The SMILES string of the molecule is CCN(c1ccc(C(=O)NCc2cccc(Cl)c2)cc1)S(=O)(=O)c1ccccc1. The number of carbonyl (C=O) groups excluding carboxylic acids is 1. The third-order valence-electron chi connectivity index (χ3n) is 4.38. The Labute approximate surface area is 176 Å². The molecule has 0 bridgehead atoms. The number of carbonyl (C=O) groups is 1. The molecule has 0 radical (unpaired) electrons. The number of amides is 1. The minimum Gasteiger partial charge on any atom is -0.348 e. The summed E-state index contributed by atoms with van der Waals surface area (Å²) in [6.45, 7) is 2.40. The molecule has 0 aromatic heterocycles. The molecule has 1 amide bonds. The van der Waals surface area contributed by atoms with Gasteiger partial charge in [0.15, 0.2) is 0 Å². The molecule has 3 aromatic rings. The van der Waals surface area contributed by atoms with E-state index < -0.39 is 10.0 Å². The van der Waals surface area contributed by atoms with E-state index in [2.05, 4.69) is 5.32 Å². The van der Waals surface area contributed by atoms with Crippen LogP contribution in [-0.2, 0) is 16.6 Å². The molecule has 0 spiro atoms. The van der Waals surface area contributed by atoms with Crippen LogP contribution in [0.1, 0.15) is 22.8 Å². The first-order valence-electron chi connectivity index (χ1n) is 9.12. The molecule has 0 unspecified atom stereocenters. The zero-order valence-electron chi connectivity index (χ0n) is 15.9. The van der Waals surface area contributed by atoms with Crippen LogP contribution in [0.15, 0.2) is 83.8 Å². The molecule has 3 aromatic carbocycles. The molecular formula is C22H21ClN2O3S. The standard InChI is InChI=1S/C22H21ClN2O3S/c1-2-25(29(27,28)21-9-4-3-5-10-21)20-13-11-18(12-14-20)22(26)24-16-17-7-6-8-19(23)15-17/h3-15H,2,16H2,1H3,(H,24,26). The van der Waals surface area contributed by atoms with Gasteiger partial charge >= 0.3 is 0 Å². The van der Waals surface area contributed by atoms with Gasteiger partial charge in [-0.15, -0.1) is 0 Å². The van der Waals surface area contributed by atoms with Gasteiger partial charge in [0.2, 0.25) is 0 Å². The smallest absolute Gasteiger partial charge is 0.264 e. The predicted octanol–water partition coefficient (Wildman–Crippen LogP) is 4.49. The highest BCUT2D eigenvalue weighted by atomic mass is 35.5. The predicted molar refractivity (Wildman–Crippen MR) is 116 cm³/mol. The first-order valence-corrected chi connectivity index (χ1v) is 10.9. The van der Waals surface area contributed by atoms with Gasteiger partial charge in [0, 0.05) is 23.7 Å². The van der Waals surface area contributed by atoms with E-state index in [0.717, 1.165) is 5.56 Å². The lowest BCUT2D eigenvalue weighted by Gasteiger charge is -2.23. The van der Waals surface area contributed by atoms with Crippen molar-refractivity contribution in [3.8, 4) is 0 Å². The van der Waals surface area contributed by atoms with Gasteiger partial charge in [0.1, 0.15) is 0 Å². The third-order valence-corrected chi connectivity index (χ3v) is 6.53. The van der Waals surface area contributed by atoms with Crippen molar-refractivity contribution in [3.05, 3.63) is 95.0 Å². The van der Waals surface area contributed by atoms with E-state index >= 15 is 0 Å². The van der Waals surface area contributed by atoms with Crippen molar-refractivity contribution in [2.75, 3.05) is 10.8 Å². The quantitative estimate of drug-likeness (QED) is 0.603. The molecule has 0 saturated carbocycles. The van der Waals surface area contributed by atoms with Crippen molar-refractivity contribution in [3.63, 3.8) is 0 Å². The van der Waals surface area contributed by atoms with E-state index in [-0.39, 0.29) is 17.3 Å². The minimum atomic E-state index is -3.67. The maximum absolute atomic E-state index is 12.9. The molecule has 29 heavy (non-hydrogen) atoms. The van der Waals surface area contributed by atoms with Gasteiger partial charge in [0.05, 0.1) is 10.6 Å². The van der Waals surface area contributed by atoms with Crippen molar-refractivity contribution >= 4 is 33.2 Å². The number of anilines is 1. The Morgan fingerprint density at radius 1 is 0.966 bits per heavy atom.